The zero-order chi connectivity index (χ0) is 30.7. The number of nitrogens with two attached hydrogens (primary N) is 3. The Bertz CT molecular complexity index is 679. The molecule has 0 aliphatic heterocycles. The molecule has 9 atom stereocenters. The first-order valence-corrected chi connectivity index (χ1v) is 10.5. The summed E-state index contributed by atoms with van der Waals surface area (Å²) < 4.78 is 0. The van der Waals surface area contributed by atoms with E-state index in [4.69, 9.17) is 73.4 Å². The number of hydrogen-bond acceptors (Lipinski definition) is 17. The number of carboxylic acid groups (broad SMARTS) is 3. The van der Waals surface area contributed by atoms with Crippen LogP contribution >= 0.6 is 0 Å². The van der Waals surface area contributed by atoms with Crippen molar-refractivity contribution < 1.29 is 100 Å². The Morgan fingerprint density at radius 2 is 1.05 bits per heavy atom. The summed E-state index contributed by atoms with van der Waals surface area (Å²) in [6, 6.07) is -0.820. The number of guanidine groups is 1. The molecule has 0 aliphatic rings. The summed E-state index contributed by atoms with van der Waals surface area (Å²) in [6.45, 7) is -1.31. The third-order valence-electron chi connectivity index (χ3n) is 4.28. The molecule has 39 heavy (non-hydrogen) atoms. The molecule has 0 aromatic rings. The largest absolute Gasteiger partial charge is 2.00 e. The van der Waals surface area contributed by atoms with Gasteiger partial charge in [-0.2, -0.15) is 0 Å². The van der Waals surface area contributed by atoms with Crippen molar-refractivity contribution in [3.8, 4) is 0 Å². The molecule has 0 aromatic heterocycles. The van der Waals surface area contributed by atoms with Gasteiger partial charge < -0.3 is 93.2 Å². The van der Waals surface area contributed by atoms with E-state index in [1.54, 1.807) is 0 Å². The normalized spacial score (nSPS) is 17.3. The molecule has 0 bridgehead atoms. The molecule has 0 radical (unpaired) electrons. The number of aliphatic carboxylic acids is 3. The molecule has 0 saturated carbocycles. The summed E-state index contributed by atoms with van der Waals surface area (Å²) in [7, 11) is 0. The maximum Gasteiger partial charge on any atom is 2.00 e. The van der Waals surface area contributed by atoms with Gasteiger partial charge in [0.25, 0.3) is 0 Å². The molecule has 0 saturated heterocycles. The van der Waals surface area contributed by atoms with Gasteiger partial charge in [0.1, 0.15) is 54.9 Å². The minimum Gasteiger partial charge on any atom is -0.547 e. The fourth-order valence-electron chi connectivity index (χ4n) is 1.97. The van der Waals surface area contributed by atoms with Crippen LogP contribution in [0.5, 0.6) is 0 Å². The van der Waals surface area contributed by atoms with Crippen molar-refractivity contribution in [3.05, 3.63) is 0 Å². The second-order valence-electron chi connectivity index (χ2n) is 7.38. The van der Waals surface area contributed by atoms with Crippen LogP contribution < -0.4 is 27.4 Å². The third-order valence-corrected chi connectivity index (χ3v) is 4.28. The van der Waals surface area contributed by atoms with E-state index in [9.17, 15) is 24.6 Å². The number of carbonyl (C=O) groups is 3. The topological polar surface area (TPSA) is 410 Å². The van der Waals surface area contributed by atoms with Crippen LogP contribution in [0.15, 0.2) is 4.99 Å². The van der Waals surface area contributed by atoms with Gasteiger partial charge in [-0.3, -0.25) is 9.79 Å². The van der Waals surface area contributed by atoms with Gasteiger partial charge in [0, 0.05) is 6.54 Å². The summed E-state index contributed by atoms with van der Waals surface area (Å²) >= 11 is 0. The quantitative estimate of drug-likeness (QED) is 0.0345. The third kappa shape index (κ3) is 20.4. The summed E-state index contributed by atoms with van der Waals surface area (Å²) in [5, 5.41) is 115. The van der Waals surface area contributed by atoms with Crippen molar-refractivity contribution in [2.75, 3.05) is 19.8 Å². The van der Waals surface area contributed by atoms with Crippen LogP contribution in [0.1, 0.15) is 12.8 Å². The summed E-state index contributed by atoms with van der Waals surface area (Å²) in [5.41, 5.74) is 15.3. The predicted octanol–water partition coefficient (Wildman–Crippen LogP) is -11.2. The van der Waals surface area contributed by atoms with E-state index in [1.807, 2.05) is 0 Å². The molecule has 20 nitrogen and oxygen atoms in total. The summed E-state index contributed by atoms with van der Waals surface area (Å²) in [4.78, 5) is 33.9. The molecular formula is C18H36N4O16Zn. The fourth-order valence-corrected chi connectivity index (χ4v) is 1.97. The number of carbonyl (C=O) groups excluding carboxylic acids is 2. The molecule has 0 aromatic carbocycles. The number of aliphatic hydroxyl groups is 10. The van der Waals surface area contributed by atoms with E-state index < -0.39 is 86.0 Å². The van der Waals surface area contributed by atoms with E-state index in [2.05, 4.69) is 4.99 Å². The van der Waals surface area contributed by atoms with Gasteiger partial charge in [-0.15, -0.1) is 0 Å². The Kier molecular flexibility index (Phi) is 26.7. The zero-order valence-electron chi connectivity index (χ0n) is 20.6. The Morgan fingerprint density at radius 3 is 1.28 bits per heavy atom. The summed E-state index contributed by atoms with van der Waals surface area (Å²) in [5.74, 6) is -4.94. The smallest absolute Gasteiger partial charge is 0.547 e. The maximum atomic E-state index is 10.2. The molecule has 0 amide bonds. The van der Waals surface area contributed by atoms with E-state index in [1.165, 1.54) is 0 Å². The van der Waals surface area contributed by atoms with Gasteiger partial charge in [0.15, 0.2) is 5.96 Å². The van der Waals surface area contributed by atoms with Gasteiger partial charge in [-0.25, -0.2) is 0 Å². The van der Waals surface area contributed by atoms with E-state index in [0.29, 0.717) is 19.4 Å². The molecule has 0 spiro atoms. The van der Waals surface area contributed by atoms with E-state index in [-0.39, 0.29) is 25.4 Å². The minimum atomic E-state index is -2.31. The monoisotopic (exact) mass is 628 g/mol. The van der Waals surface area contributed by atoms with Gasteiger partial charge in [0.2, 0.25) is 0 Å². The van der Waals surface area contributed by atoms with Crippen LogP contribution in [-0.2, 0) is 33.9 Å². The average molecular weight is 630 g/mol. The number of carboxylic acids is 3. The first kappa shape index (κ1) is 43.9. The molecule has 21 heteroatoms. The van der Waals surface area contributed by atoms with Gasteiger partial charge in [-0.1, -0.05) is 0 Å². The van der Waals surface area contributed by atoms with Crippen molar-refractivity contribution >= 4 is 23.9 Å². The van der Waals surface area contributed by atoms with Crippen molar-refractivity contribution in [2.45, 2.75) is 67.7 Å². The van der Waals surface area contributed by atoms with E-state index in [0.717, 1.165) is 0 Å². The molecule has 0 aliphatic carbocycles. The zero-order valence-corrected chi connectivity index (χ0v) is 23.5. The van der Waals surface area contributed by atoms with Gasteiger partial charge >= 0.3 is 25.4 Å². The Labute approximate surface area is 234 Å². The standard InChI is InChI=1S/C6H14N4O2.2C6H12O7.Zn/c7-4(5(11)12)2-1-3-10-6(8)9;2*7-1-2(8)3(9)4(10)5(11)6(12)13;/h4H,1-3,7H2,(H,11,12)(H4,8,9,10);2*2-5,7-11H,1H2,(H,12,13);/q;;;+2/p-2/t;2?,3?,4?,5-;;/m.1../s1. The molecule has 8 unspecified atom stereocenters. The second kappa shape index (κ2) is 23.7. The van der Waals surface area contributed by atoms with Crippen molar-refractivity contribution in [2.24, 2.45) is 22.2 Å². The SMILES string of the molecule is NC(N)=NCCCC(N)C(=O)O.O=C([O-])C(O)C(O)C(O)C(O)CO.O=C([O-])[C@H](O)C(O)C(O)C(O)CO.[Zn+2]. The molecule has 17 N–H and O–H groups in total. The Hall–Kier alpha value is -2.14. The first-order valence-electron chi connectivity index (χ1n) is 10.5. The van der Waals surface area contributed by atoms with Crippen LogP contribution in [0, 0.1) is 0 Å². The second-order valence-corrected chi connectivity index (χ2v) is 7.38. The van der Waals surface area contributed by atoms with Crippen molar-refractivity contribution in [1.82, 2.24) is 0 Å². The van der Waals surface area contributed by atoms with Crippen LogP contribution in [0.25, 0.3) is 0 Å². The molecule has 0 heterocycles. The number of aliphatic imine (C=N–C) groups is 1. The molecule has 226 valence electrons. The molecule has 0 fully saturated rings. The minimum absolute atomic E-state index is 0. The van der Waals surface area contributed by atoms with Gasteiger partial charge in [0.05, 0.1) is 25.2 Å². The van der Waals surface area contributed by atoms with Crippen LogP contribution in [0.2, 0.25) is 0 Å². The van der Waals surface area contributed by atoms with Crippen LogP contribution in [-0.4, -0.2) is 155 Å². The fraction of sp³-hybridized carbons (Fsp3) is 0.778. The van der Waals surface area contributed by atoms with Gasteiger partial charge in [-0.05, 0) is 12.8 Å². The maximum absolute atomic E-state index is 10.2. The predicted molar refractivity (Wildman–Crippen MR) is 118 cm³/mol. The number of hydrogen-bond donors (Lipinski definition) is 14. The summed E-state index contributed by atoms with van der Waals surface area (Å²) in [6.07, 6.45) is -15.2. The van der Waals surface area contributed by atoms with E-state index >= 15 is 0 Å². The van der Waals surface area contributed by atoms with Crippen LogP contribution in [0.4, 0.5) is 0 Å². The number of nitrogens with zero attached hydrogens (tertiary/aromatic N) is 1. The van der Waals surface area contributed by atoms with Crippen molar-refractivity contribution in [3.63, 3.8) is 0 Å². The molecule has 0 rings (SSSR count). The first-order chi connectivity index (χ1) is 17.4. The molecular weight excluding hydrogens is 594 g/mol. The number of aliphatic hydroxyl groups excluding tert-OH is 10. The number of rotatable bonds is 15. The average Bonchev–Trinajstić information content (AvgIpc) is 2.87. The van der Waals surface area contributed by atoms with Crippen LogP contribution in [0.3, 0.4) is 0 Å². The Morgan fingerprint density at radius 1 is 0.718 bits per heavy atom. The van der Waals surface area contributed by atoms with Crippen molar-refractivity contribution in [1.29, 1.82) is 0 Å². The Balaban J connectivity index is -0.000000233.